The number of hydrogen-bond donors (Lipinski definition) is 2. The van der Waals surface area contributed by atoms with E-state index in [4.69, 9.17) is 5.11 Å². The van der Waals surface area contributed by atoms with Crippen LogP contribution < -0.4 is 0 Å². The van der Waals surface area contributed by atoms with Crippen LogP contribution in [0.2, 0.25) is 0 Å². The van der Waals surface area contributed by atoms with Gasteiger partial charge in [0.05, 0.1) is 17.4 Å². The van der Waals surface area contributed by atoms with Gasteiger partial charge in [0.1, 0.15) is 0 Å². The van der Waals surface area contributed by atoms with Crippen LogP contribution in [0.5, 0.6) is 0 Å². The maximum absolute atomic E-state index is 10.4. The molecule has 0 saturated carbocycles. The van der Waals surface area contributed by atoms with Gasteiger partial charge in [-0.3, -0.25) is 14.9 Å². The minimum atomic E-state index is -1.04. The van der Waals surface area contributed by atoms with Crippen LogP contribution >= 0.6 is 0 Å². The number of carbonyl (C=O) groups is 1. The molecule has 1 aromatic carbocycles. The molecule has 2 N–H and O–H groups in total. The Morgan fingerprint density at radius 3 is 2.41 bits per heavy atom. The zero-order chi connectivity index (χ0) is 12.8. The van der Waals surface area contributed by atoms with Crippen molar-refractivity contribution in [2.45, 2.75) is 25.4 Å². The first-order valence-corrected chi connectivity index (χ1v) is 5.12. The van der Waals surface area contributed by atoms with Crippen LogP contribution in [0.25, 0.3) is 0 Å². The highest BCUT2D eigenvalue weighted by Gasteiger charge is 2.10. The van der Waals surface area contributed by atoms with E-state index in [-0.39, 0.29) is 12.1 Å². The Hall–Kier alpha value is -1.95. The number of aryl methyl sites for hydroxylation is 1. The van der Waals surface area contributed by atoms with E-state index in [9.17, 15) is 20.0 Å². The molecule has 0 fully saturated rings. The molecular weight excluding hydrogens is 226 g/mol. The van der Waals surface area contributed by atoms with E-state index in [1.54, 1.807) is 12.1 Å². The van der Waals surface area contributed by atoms with E-state index < -0.39 is 17.0 Å². The molecule has 0 spiro atoms. The van der Waals surface area contributed by atoms with Crippen LogP contribution in [-0.2, 0) is 11.2 Å². The average Bonchev–Trinajstić information content (AvgIpc) is 2.26. The number of aliphatic hydroxyl groups excluding tert-OH is 1. The molecule has 0 saturated heterocycles. The zero-order valence-corrected chi connectivity index (χ0v) is 9.07. The summed E-state index contributed by atoms with van der Waals surface area (Å²) in [6.07, 6.45) is -0.355. The molecule has 0 amide bonds. The van der Waals surface area contributed by atoms with E-state index in [0.717, 1.165) is 5.56 Å². The normalized spacial score (nSPS) is 12.1. The second-order valence-electron chi connectivity index (χ2n) is 3.71. The fraction of sp³-hybridized carbons (Fsp3) is 0.364. The molecule has 0 unspecified atom stereocenters. The van der Waals surface area contributed by atoms with Gasteiger partial charge in [0.25, 0.3) is 5.69 Å². The largest absolute Gasteiger partial charge is 0.481 e. The highest BCUT2D eigenvalue weighted by Crippen LogP contribution is 2.14. The number of benzene rings is 1. The Morgan fingerprint density at radius 2 is 1.94 bits per heavy atom. The molecule has 6 heteroatoms. The Labute approximate surface area is 97.7 Å². The second-order valence-corrected chi connectivity index (χ2v) is 3.71. The lowest BCUT2D eigenvalue weighted by molar-refractivity contribution is -0.384. The lowest BCUT2D eigenvalue weighted by atomic mass is 10.0. The molecule has 0 aliphatic rings. The Morgan fingerprint density at radius 1 is 1.35 bits per heavy atom. The summed E-state index contributed by atoms with van der Waals surface area (Å²) in [4.78, 5) is 20.2. The van der Waals surface area contributed by atoms with Crippen molar-refractivity contribution in [1.82, 2.24) is 0 Å². The van der Waals surface area contributed by atoms with Crippen molar-refractivity contribution in [2.24, 2.45) is 0 Å². The predicted octanol–water partition coefficient (Wildman–Crippen LogP) is 1.36. The third-order valence-electron chi connectivity index (χ3n) is 2.32. The van der Waals surface area contributed by atoms with Crippen LogP contribution in [-0.4, -0.2) is 27.2 Å². The van der Waals surface area contributed by atoms with Gasteiger partial charge >= 0.3 is 5.97 Å². The Kier molecular flexibility index (Phi) is 4.59. The lowest BCUT2D eigenvalue weighted by Crippen LogP contribution is -2.13. The lowest BCUT2D eigenvalue weighted by Gasteiger charge is -2.07. The molecule has 17 heavy (non-hydrogen) atoms. The summed E-state index contributed by atoms with van der Waals surface area (Å²) in [6, 6.07) is 5.98. The van der Waals surface area contributed by atoms with Crippen LogP contribution in [0, 0.1) is 10.1 Å². The highest BCUT2D eigenvalue weighted by molar-refractivity contribution is 5.67. The minimum absolute atomic E-state index is 0.0137. The fourth-order valence-corrected chi connectivity index (χ4v) is 1.42. The number of non-ortho nitro benzene ring substituents is 1. The first-order valence-electron chi connectivity index (χ1n) is 5.12. The van der Waals surface area contributed by atoms with Gasteiger partial charge in [-0.05, 0) is 18.4 Å². The number of aliphatic carboxylic acids is 1. The van der Waals surface area contributed by atoms with Crippen molar-refractivity contribution in [3.63, 3.8) is 0 Å². The summed E-state index contributed by atoms with van der Waals surface area (Å²) in [7, 11) is 0. The molecule has 1 atom stereocenters. The third kappa shape index (κ3) is 4.60. The topological polar surface area (TPSA) is 101 Å². The van der Waals surface area contributed by atoms with Gasteiger partial charge in [-0.2, -0.15) is 0 Å². The number of nitrogens with zero attached hydrogens (tertiary/aromatic N) is 1. The quantitative estimate of drug-likeness (QED) is 0.576. The third-order valence-corrected chi connectivity index (χ3v) is 2.32. The van der Waals surface area contributed by atoms with Crippen molar-refractivity contribution < 1.29 is 19.9 Å². The smallest absolute Gasteiger partial charge is 0.305 e. The SMILES string of the molecule is O=C(O)C[C@H](O)CCc1ccc([N+](=O)[O-])cc1. The molecule has 92 valence electrons. The van der Waals surface area contributed by atoms with Gasteiger partial charge in [0.2, 0.25) is 0 Å². The second kappa shape index (κ2) is 5.95. The van der Waals surface area contributed by atoms with E-state index in [1.807, 2.05) is 0 Å². The number of nitro benzene ring substituents is 1. The molecule has 0 heterocycles. The van der Waals surface area contributed by atoms with E-state index in [1.165, 1.54) is 12.1 Å². The first-order chi connectivity index (χ1) is 7.99. The number of carboxylic acid groups (broad SMARTS) is 1. The highest BCUT2D eigenvalue weighted by atomic mass is 16.6. The Balaban J connectivity index is 2.47. The van der Waals surface area contributed by atoms with Crippen molar-refractivity contribution >= 4 is 11.7 Å². The number of aliphatic hydroxyl groups is 1. The van der Waals surface area contributed by atoms with Crippen LogP contribution in [0.1, 0.15) is 18.4 Å². The monoisotopic (exact) mass is 239 g/mol. The Bertz CT molecular complexity index is 401. The van der Waals surface area contributed by atoms with Crippen molar-refractivity contribution in [2.75, 3.05) is 0 Å². The predicted molar refractivity (Wildman–Crippen MR) is 59.7 cm³/mol. The van der Waals surface area contributed by atoms with Gasteiger partial charge in [-0.15, -0.1) is 0 Å². The average molecular weight is 239 g/mol. The molecule has 1 aromatic rings. The molecular formula is C11H13NO5. The molecule has 1 rings (SSSR count). The number of hydrogen-bond acceptors (Lipinski definition) is 4. The van der Waals surface area contributed by atoms with Gasteiger partial charge in [-0.25, -0.2) is 0 Å². The van der Waals surface area contributed by atoms with E-state index in [2.05, 4.69) is 0 Å². The van der Waals surface area contributed by atoms with Crippen LogP contribution in [0.3, 0.4) is 0 Å². The van der Waals surface area contributed by atoms with Gasteiger partial charge < -0.3 is 10.2 Å². The van der Waals surface area contributed by atoms with Crippen LogP contribution in [0.15, 0.2) is 24.3 Å². The van der Waals surface area contributed by atoms with Gasteiger partial charge in [0, 0.05) is 12.1 Å². The summed E-state index contributed by atoms with van der Waals surface area (Å²) in [5.74, 6) is -1.04. The van der Waals surface area contributed by atoms with Crippen LogP contribution in [0.4, 0.5) is 5.69 Å². The minimum Gasteiger partial charge on any atom is -0.481 e. The molecule has 0 aromatic heterocycles. The fourth-order valence-electron chi connectivity index (χ4n) is 1.42. The summed E-state index contributed by atoms with van der Waals surface area (Å²) < 4.78 is 0. The summed E-state index contributed by atoms with van der Waals surface area (Å²) in [5.41, 5.74) is 0.847. The summed E-state index contributed by atoms with van der Waals surface area (Å²) >= 11 is 0. The number of nitro groups is 1. The standard InChI is InChI=1S/C11H13NO5/c13-10(7-11(14)15)6-3-8-1-4-9(5-2-8)12(16)17/h1-2,4-5,10,13H,3,6-7H2,(H,14,15)/t10-/m1/s1. The zero-order valence-electron chi connectivity index (χ0n) is 9.07. The molecule has 0 bridgehead atoms. The van der Waals surface area contributed by atoms with Gasteiger partial charge in [0.15, 0.2) is 0 Å². The van der Waals surface area contributed by atoms with E-state index >= 15 is 0 Å². The van der Waals surface area contributed by atoms with Crippen molar-refractivity contribution in [1.29, 1.82) is 0 Å². The van der Waals surface area contributed by atoms with E-state index in [0.29, 0.717) is 12.8 Å². The number of carboxylic acids is 1. The van der Waals surface area contributed by atoms with Crippen molar-refractivity contribution in [3.8, 4) is 0 Å². The summed E-state index contributed by atoms with van der Waals surface area (Å²) in [6.45, 7) is 0. The van der Waals surface area contributed by atoms with Crippen molar-refractivity contribution in [3.05, 3.63) is 39.9 Å². The first kappa shape index (κ1) is 13.1. The molecule has 0 radical (unpaired) electrons. The van der Waals surface area contributed by atoms with Gasteiger partial charge in [-0.1, -0.05) is 12.1 Å². The molecule has 0 aliphatic heterocycles. The maximum atomic E-state index is 10.4. The number of rotatable bonds is 6. The molecule has 6 nitrogen and oxygen atoms in total. The molecule has 0 aliphatic carbocycles. The maximum Gasteiger partial charge on any atom is 0.305 e. The summed E-state index contributed by atoms with van der Waals surface area (Å²) in [5, 5.41) is 28.2.